The number of aromatic amines is 1. The molecule has 2 heterocycles. The molecule has 0 saturated carbocycles. The lowest BCUT2D eigenvalue weighted by atomic mass is 10.0. The summed E-state index contributed by atoms with van der Waals surface area (Å²) in [5.74, 6) is 1.03. The van der Waals surface area contributed by atoms with Crippen LogP contribution in [0.25, 0.3) is 0 Å². The summed E-state index contributed by atoms with van der Waals surface area (Å²) in [7, 11) is 0. The summed E-state index contributed by atoms with van der Waals surface area (Å²) >= 11 is 0. The van der Waals surface area contributed by atoms with Gasteiger partial charge in [0.15, 0.2) is 0 Å². The Morgan fingerprint density at radius 1 is 1.29 bits per heavy atom. The molecule has 1 fully saturated rings. The molecule has 0 spiro atoms. The van der Waals surface area contributed by atoms with E-state index in [9.17, 15) is 0 Å². The third-order valence-corrected chi connectivity index (χ3v) is 4.36. The molecule has 0 aliphatic carbocycles. The van der Waals surface area contributed by atoms with E-state index < -0.39 is 0 Å². The number of hydrogen-bond acceptors (Lipinski definition) is 3. The number of rotatable bonds is 5. The molecule has 2 aromatic rings. The molecule has 0 atom stereocenters. The zero-order valence-electron chi connectivity index (χ0n) is 12.7. The second-order valence-electron chi connectivity index (χ2n) is 5.89. The third kappa shape index (κ3) is 3.93. The number of likely N-dealkylation sites (tertiary alicyclic amines) is 1. The van der Waals surface area contributed by atoms with Gasteiger partial charge in [0.2, 0.25) is 0 Å². The molecule has 3 rings (SSSR count). The van der Waals surface area contributed by atoms with E-state index in [-0.39, 0.29) is 0 Å². The number of aryl methyl sites for hydroxylation is 1. The van der Waals surface area contributed by atoms with E-state index >= 15 is 0 Å². The van der Waals surface area contributed by atoms with Crippen molar-refractivity contribution in [2.75, 3.05) is 13.1 Å². The van der Waals surface area contributed by atoms with E-state index in [2.05, 4.69) is 51.4 Å². The summed E-state index contributed by atoms with van der Waals surface area (Å²) in [5.41, 5.74) is 2.86. The second-order valence-corrected chi connectivity index (χ2v) is 5.89. The molecule has 4 nitrogen and oxygen atoms in total. The average molecular weight is 284 g/mol. The highest BCUT2D eigenvalue weighted by molar-refractivity contribution is 5.25. The largest absolute Gasteiger partial charge is 0.348 e. The molecule has 1 aromatic heterocycles. The van der Waals surface area contributed by atoms with Gasteiger partial charge in [-0.15, -0.1) is 0 Å². The van der Waals surface area contributed by atoms with Crippen LogP contribution in [0.1, 0.15) is 29.8 Å². The summed E-state index contributed by atoms with van der Waals surface area (Å²) in [4.78, 5) is 9.96. The van der Waals surface area contributed by atoms with Crippen LogP contribution in [0.15, 0.2) is 36.7 Å². The molecule has 2 N–H and O–H groups in total. The molecule has 1 aliphatic rings. The molecule has 4 heteroatoms. The van der Waals surface area contributed by atoms with E-state index in [4.69, 9.17) is 0 Å². The topological polar surface area (TPSA) is 44.0 Å². The normalized spacial score (nSPS) is 17.2. The number of aromatic nitrogens is 2. The van der Waals surface area contributed by atoms with Gasteiger partial charge < -0.3 is 10.3 Å². The van der Waals surface area contributed by atoms with Gasteiger partial charge in [0.25, 0.3) is 0 Å². The van der Waals surface area contributed by atoms with Gasteiger partial charge in [-0.3, -0.25) is 4.90 Å². The van der Waals surface area contributed by atoms with E-state index in [1.54, 1.807) is 0 Å². The molecule has 0 unspecified atom stereocenters. The van der Waals surface area contributed by atoms with Crippen LogP contribution in [0, 0.1) is 6.92 Å². The average Bonchev–Trinajstić information content (AvgIpc) is 3.02. The number of imidazole rings is 1. The van der Waals surface area contributed by atoms with Gasteiger partial charge in [-0.25, -0.2) is 4.98 Å². The number of H-pyrrole nitrogens is 1. The molecule has 21 heavy (non-hydrogen) atoms. The maximum absolute atomic E-state index is 4.25. The summed E-state index contributed by atoms with van der Waals surface area (Å²) in [6.45, 7) is 6.47. The van der Waals surface area contributed by atoms with Gasteiger partial charge in [0.1, 0.15) is 5.82 Å². The highest BCUT2D eigenvalue weighted by Crippen LogP contribution is 2.16. The van der Waals surface area contributed by atoms with Crippen molar-refractivity contribution in [2.45, 2.75) is 38.9 Å². The van der Waals surface area contributed by atoms with Crippen LogP contribution < -0.4 is 5.32 Å². The van der Waals surface area contributed by atoms with E-state index in [1.165, 1.54) is 37.1 Å². The SMILES string of the molecule is Cc1ccccc1CN1CCC(NCc2ncc[nH]2)CC1. The highest BCUT2D eigenvalue weighted by atomic mass is 15.1. The smallest absolute Gasteiger partial charge is 0.120 e. The molecule has 0 amide bonds. The number of piperidine rings is 1. The van der Waals surface area contributed by atoms with Gasteiger partial charge in [0, 0.05) is 25.0 Å². The van der Waals surface area contributed by atoms with Crippen molar-refractivity contribution in [2.24, 2.45) is 0 Å². The molecule has 0 bridgehead atoms. The fourth-order valence-corrected chi connectivity index (χ4v) is 2.96. The number of benzene rings is 1. The summed E-state index contributed by atoms with van der Waals surface area (Å²) in [6.07, 6.45) is 6.11. The lowest BCUT2D eigenvalue weighted by molar-refractivity contribution is 0.189. The number of nitrogens with zero attached hydrogens (tertiary/aromatic N) is 2. The van der Waals surface area contributed by atoms with E-state index in [0.29, 0.717) is 6.04 Å². The summed E-state index contributed by atoms with van der Waals surface area (Å²) in [6, 6.07) is 9.32. The Bertz CT molecular complexity index is 542. The van der Waals surface area contributed by atoms with Gasteiger partial charge in [-0.05, 0) is 44.0 Å². The van der Waals surface area contributed by atoms with Crippen LogP contribution in [0.5, 0.6) is 0 Å². The quantitative estimate of drug-likeness (QED) is 0.886. The standard InChI is InChI=1S/C17H24N4/c1-14-4-2-3-5-15(14)13-21-10-6-16(7-11-21)20-12-17-18-8-9-19-17/h2-5,8-9,16,20H,6-7,10-13H2,1H3,(H,18,19). The lowest BCUT2D eigenvalue weighted by Crippen LogP contribution is -2.42. The monoisotopic (exact) mass is 284 g/mol. The van der Waals surface area contributed by atoms with Crippen molar-refractivity contribution >= 4 is 0 Å². The zero-order chi connectivity index (χ0) is 14.5. The second kappa shape index (κ2) is 6.87. The molecule has 112 valence electrons. The third-order valence-electron chi connectivity index (χ3n) is 4.36. The molecular weight excluding hydrogens is 260 g/mol. The Hall–Kier alpha value is -1.65. The van der Waals surface area contributed by atoms with Crippen LogP contribution in [0.3, 0.4) is 0 Å². The fourth-order valence-electron chi connectivity index (χ4n) is 2.96. The highest BCUT2D eigenvalue weighted by Gasteiger charge is 2.19. The first-order chi connectivity index (χ1) is 10.3. The Kier molecular flexibility index (Phi) is 4.68. The first-order valence-electron chi connectivity index (χ1n) is 7.80. The molecule has 1 saturated heterocycles. The molecule has 1 aromatic carbocycles. The Balaban J connectivity index is 1.44. The number of nitrogens with one attached hydrogen (secondary N) is 2. The van der Waals surface area contributed by atoms with Crippen molar-refractivity contribution in [3.8, 4) is 0 Å². The van der Waals surface area contributed by atoms with Crippen LogP contribution in [-0.4, -0.2) is 34.0 Å². The van der Waals surface area contributed by atoms with Crippen molar-refractivity contribution < 1.29 is 0 Å². The number of hydrogen-bond donors (Lipinski definition) is 2. The minimum Gasteiger partial charge on any atom is -0.348 e. The fraction of sp³-hybridized carbons (Fsp3) is 0.471. The summed E-state index contributed by atoms with van der Waals surface area (Å²) in [5, 5.41) is 3.60. The first kappa shape index (κ1) is 14.3. The van der Waals surface area contributed by atoms with Crippen molar-refractivity contribution in [3.05, 3.63) is 53.6 Å². The zero-order valence-corrected chi connectivity index (χ0v) is 12.7. The maximum atomic E-state index is 4.25. The van der Waals surface area contributed by atoms with Crippen LogP contribution in [-0.2, 0) is 13.1 Å². The molecular formula is C17H24N4. The summed E-state index contributed by atoms with van der Waals surface area (Å²) < 4.78 is 0. The van der Waals surface area contributed by atoms with Crippen molar-refractivity contribution in [1.29, 1.82) is 0 Å². The van der Waals surface area contributed by atoms with Gasteiger partial charge in [-0.1, -0.05) is 24.3 Å². The van der Waals surface area contributed by atoms with E-state index in [1.807, 2.05) is 12.4 Å². The molecule has 0 radical (unpaired) electrons. The molecule has 1 aliphatic heterocycles. The Labute approximate surface area is 126 Å². The van der Waals surface area contributed by atoms with Crippen molar-refractivity contribution in [3.63, 3.8) is 0 Å². The van der Waals surface area contributed by atoms with Gasteiger partial charge in [-0.2, -0.15) is 0 Å². The predicted octanol–water partition coefficient (Wildman–Crippen LogP) is 2.47. The first-order valence-corrected chi connectivity index (χ1v) is 7.80. The maximum Gasteiger partial charge on any atom is 0.120 e. The van der Waals surface area contributed by atoms with Crippen molar-refractivity contribution in [1.82, 2.24) is 20.2 Å². The van der Waals surface area contributed by atoms with Gasteiger partial charge in [0.05, 0.1) is 6.54 Å². The van der Waals surface area contributed by atoms with Gasteiger partial charge >= 0.3 is 0 Å². The minimum absolute atomic E-state index is 0.614. The van der Waals surface area contributed by atoms with Crippen LogP contribution >= 0.6 is 0 Å². The lowest BCUT2D eigenvalue weighted by Gasteiger charge is -2.32. The van der Waals surface area contributed by atoms with Crippen LogP contribution in [0.2, 0.25) is 0 Å². The predicted molar refractivity (Wildman–Crippen MR) is 84.9 cm³/mol. The van der Waals surface area contributed by atoms with E-state index in [0.717, 1.165) is 18.9 Å². The Morgan fingerprint density at radius 3 is 2.81 bits per heavy atom. The Morgan fingerprint density at radius 2 is 2.10 bits per heavy atom. The van der Waals surface area contributed by atoms with Crippen LogP contribution in [0.4, 0.5) is 0 Å². The minimum atomic E-state index is 0.614.